The molecule has 1 aliphatic heterocycles. The summed E-state index contributed by atoms with van der Waals surface area (Å²) in [5, 5.41) is 3.55. The number of hydrogen-bond acceptors (Lipinski definition) is 4. The number of halogens is 1. The number of fused-ring (bicyclic) bond motifs is 1. The average Bonchev–Trinajstić information content (AvgIpc) is 3.09. The second-order valence-corrected chi connectivity index (χ2v) is 8.63. The molecule has 0 aliphatic carbocycles. The maximum Gasteiger partial charge on any atom is 0.321 e. The Balaban J connectivity index is 1.37. The van der Waals surface area contributed by atoms with E-state index in [-0.39, 0.29) is 11.9 Å². The third kappa shape index (κ3) is 4.71. The van der Waals surface area contributed by atoms with Gasteiger partial charge in [-0.1, -0.05) is 11.6 Å². The van der Waals surface area contributed by atoms with Gasteiger partial charge in [-0.05, 0) is 42.5 Å². The highest BCUT2D eigenvalue weighted by molar-refractivity contribution is 6.30. The number of carbonyl (C=O) groups excluding carboxylic acids is 2. The summed E-state index contributed by atoms with van der Waals surface area (Å²) in [7, 11) is 5.48. The minimum absolute atomic E-state index is 0.0351. The molecule has 3 aromatic rings. The number of aromatic nitrogens is 2. The first-order chi connectivity index (χ1) is 15.3. The molecule has 32 heavy (non-hydrogen) atoms. The quantitative estimate of drug-likeness (QED) is 0.656. The minimum atomic E-state index is -0.104. The van der Waals surface area contributed by atoms with Crippen molar-refractivity contribution >= 4 is 40.3 Å². The molecule has 1 saturated heterocycles. The van der Waals surface area contributed by atoms with Gasteiger partial charge in [0.1, 0.15) is 5.82 Å². The van der Waals surface area contributed by atoms with Crippen molar-refractivity contribution in [3.63, 3.8) is 0 Å². The third-order valence-electron chi connectivity index (χ3n) is 5.75. The summed E-state index contributed by atoms with van der Waals surface area (Å²) >= 11 is 5.90. The molecule has 0 atom stereocenters. The number of nitrogens with zero attached hydrogens (tertiary/aromatic N) is 5. The van der Waals surface area contributed by atoms with E-state index in [9.17, 15) is 9.59 Å². The van der Waals surface area contributed by atoms with Crippen molar-refractivity contribution in [3.05, 3.63) is 58.9 Å². The molecule has 0 radical (unpaired) electrons. The summed E-state index contributed by atoms with van der Waals surface area (Å²) in [4.78, 5) is 35.2. The Morgan fingerprint density at radius 2 is 1.75 bits per heavy atom. The van der Waals surface area contributed by atoms with Crippen molar-refractivity contribution in [1.82, 2.24) is 24.3 Å². The van der Waals surface area contributed by atoms with Gasteiger partial charge in [-0.2, -0.15) is 0 Å². The molecule has 3 amide bonds. The zero-order valence-corrected chi connectivity index (χ0v) is 19.3. The van der Waals surface area contributed by atoms with Gasteiger partial charge in [0.25, 0.3) is 5.91 Å². The van der Waals surface area contributed by atoms with Crippen LogP contribution in [0.2, 0.25) is 5.02 Å². The summed E-state index contributed by atoms with van der Waals surface area (Å²) in [6.45, 7) is 3.51. The van der Waals surface area contributed by atoms with Crippen molar-refractivity contribution in [2.45, 2.75) is 6.54 Å². The van der Waals surface area contributed by atoms with Gasteiger partial charge in [-0.15, -0.1) is 0 Å². The molecule has 1 N–H and O–H groups in total. The van der Waals surface area contributed by atoms with E-state index in [0.717, 1.165) is 35.6 Å². The number of rotatable bonds is 4. The highest BCUT2D eigenvalue weighted by Gasteiger charge is 2.23. The number of imidazole rings is 1. The van der Waals surface area contributed by atoms with Gasteiger partial charge in [0, 0.05) is 63.6 Å². The molecule has 1 aromatic heterocycles. The largest absolute Gasteiger partial charge is 0.345 e. The van der Waals surface area contributed by atoms with Crippen LogP contribution in [-0.4, -0.2) is 76.5 Å². The summed E-state index contributed by atoms with van der Waals surface area (Å²) in [5.41, 5.74) is 3.17. The lowest BCUT2D eigenvalue weighted by Crippen LogP contribution is -2.49. The number of benzene rings is 2. The molecule has 8 nitrogen and oxygen atoms in total. The summed E-state index contributed by atoms with van der Waals surface area (Å²) < 4.78 is 2.07. The standard InChI is InChI=1S/C23H27ClN6O2/c1-27(2)22(31)16-4-9-20-19(14-16)26-21(28(20)3)15-29-10-12-30(13-11-29)23(32)25-18-7-5-17(24)6-8-18/h4-9,14H,10-13,15H2,1-3H3,(H,25,32). The van der Waals surface area contributed by atoms with Crippen LogP contribution in [0.5, 0.6) is 0 Å². The first kappa shape index (κ1) is 22.1. The zero-order chi connectivity index (χ0) is 22.8. The maximum atomic E-state index is 12.5. The van der Waals surface area contributed by atoms with Crippen LogP contribution in [0.3, 0.4) is 0 Å². The fourth-order valence-electron chi connectivity index (χ4n) is 3.83. The summed E-state index contributed by atoms with van der Waals surface area (Å²) in [5.74, 6) is 0.903. The number of amides is 3. The molecule has 0 saturated carbocycles. The van der Waals surface area contributed by atoms with Gasteiger partial charge in [-0.3, -0.25) is 9.69 Å². The Bertz CT molecular complexity index is 1130. The fourth-order valence-corrected chi connectivity index (χ4v) is 3.95. The van der Waals surface area contributed by atoms with E-state index >= 15 is 0 Å². The molecular formula is C23H27ClN6O2. The van der Waals surface area contributed by atoms with Gasteiger partial charge in [0.05, 0.1) is 17.6 Å². The van der Waals surface area contributed by atoms with Crippen LogP contribution in [-0.2, 0) is 13.6 Å². The predicted molar refractivity (Wildman–Crippen MR) is 126 cm³/mol. The number of anilines is 1. The van der Waals surface area contributed by atoms with E-state index in [1.165, 1.54) is 0 Å². The molecule has 168 valence electrons. The molecule has 0 spiro atoms. The lowest BCUT2D eigenvalue weighted by molar-refractivity contribution is 0.0827. The number of hydrogen-bond donors (Lipinski definition) is 1. The maximum absolute atomic E-state index is 12.5. The Labute approximate surface area is 192 Å². The lowest BCUT2D eigenvalue weighted by Gasteiger charge is -2.34. The van der Waals surface area contributed by atoms with Crippen molar-refractivity contribution in [3.8, 4) is 0 Å². The van der Waals surface area contributed by atoms with Crippen molar-refractivity contribution in [2.24, 2.45) is 7.05 Å². The van der Waals surface area contributed by atoms with E-state index in [2.05, 4.69) is 14.8 Å². The normalized spacial score (nSPS) is 14.6. The van der Waals surface area contributed by atoms with E-state index < -0.39 is 0 Å². The number of carbonyl (C=O) groups is 2. The monoisotopic (exact) mass is 454 g/mol. The number of aryl methyl sites for hydroxylation is 1. The highest BCUT2D eigenvalue weighted by Crippen LogP contribution is 2.20. The van der Waals surface area contributed by atoms with Crippen molar-refractivity contribution in [1.29, 1.82) is 0 Å². The molecule has 2 aromatic carbocycles. The minimum Gasteiger partial charge on any atom is -0.345 e. The lowest BCUT2D eigenvalue weighted by atomic mass is 10.2. The van der Waals surface area contributed by atoms with Crippen LogP contribution in [0.25, 0.3) is 11.0 Å². The van der Waals surface area contributed by atoms with Gasteiger partial charge in [-0.25, -0.2) is 9.78 Å². The smallest absolute Gasteiger partial charge is 0.321 e. The number of piperazine rings is 1. The topological polar surface area (TPSA) is 73.7 Å². The summed E-state index contributed by atoms with van der Waals surface area (Å²) in [6, 6.07) is 12.6. The molecule has 0 unspecified atom stereocenters. The van der Waals surface area contributed by atoms with E-state index in [4.69, 9.17) is 16.6 Å². The highest BCUT2D eigenvalue weighted by atomic mass is 35.5. The predicted octanol–water partition coefficient (Wildman–Crippen LogP) is 3.28. The Morgan fingerprint density at radius 1 is 1.06 bits per heavy atom. The molecule has 9 heteroatoms. The van der Waals surface area contributed by atoms with Crippen molar-refractivity contribution in [2.75, 3.05) is 45.6 Å². The van der Waals surface area contributed by atoms with Crippen LogP contribution < -0.4 is 5.32 Å². The second-order valence-electron chi connectivity index (χ2n) is 8.19. The van der Waals surface area contributed by atoms with Crippen LogP contribution in [0.15, 0.2) is 42.5 Å². The van der Waals surface area contributed by atoms with Gasteiger partial charge < -0.3 is 19.7 Å². The van der Waals surface area contributed by atoms with Crippen molar-refractivity contribution < 1.29 is 9.59 Å². The number of nitrogens with one attached hydrogen (secondary N) is 1. The fraction of sp³-hybridized carbons (Fsp3) is 0.348. The van der Waals surface area contributed by atoms with E-state index in [1.54, 1.807) is 43.3 Å². The van der Waals surface area contributed by atoms with E-state index in [1.807, 2.05) is 30.1 Å². The Hall–Kier alpha value is -3.10. The first-order valence-electron chi connectivity index (χ1n) is 10.5. The SMILES string of the molecule is CN(C)C(=O)c1ccc2c(c1)nc(CN1CCN(C(=O)Nc3ccc(Cl)cc3)CC1)n2C. The van der Waals surface area contributed by atoms with Gasteiger partial charge in [0.2, 0.25) is 0 Å². The second kappa shape index (κ2) is 9.18. The third-order valence-corrected chi connectivity index (χ3v) is 6.00. The molecule has 1 aliphatic rings. The molecule has 0 bridgehead atoms. The Kier molecular flexibility index (Phi) is 6.34. The molecule has 2 heterocycles. The van der Waals surface area contributed by atoms with Gasteiger partial charge in [0.15, 0.2) is 0 Å². The Morgan fingerprint density at radius 3 is 2.41 bits per heavy atom. The van der Waals surface area contributed by atoms with Gasteiger partial charge >= 0.3 is 6.03 Å². The average molecular weight is 455 g/mol. The zero-order valence-electron chi connectivity index (χ0n) is 18.5. The first-order valence-corrected chi connectivity index (χ1v) is 10.9. The van der Waals surface area contributed by atoms with E-state index in [0.29, 0.717) is 30.2 Å². The van der Waals surface area contributed by atoms with Crippen LogP contribution in [0.1, 0.15) is 16.2 Å². The molecule has 1 fully saturated rings. The summed E-state index contributed by atoms with van der Waals surface area (Å²) in [6.07, 6.45) is 0. The van der Waals surface area contributed by atoms with Crippen LogP contribution in [0.4, 0.5) is 10.5 Å². The molecule has 4 rings (SSSR count). The van der Waals surface area contributed by atoms with Crippen LogP contribution in [0, 0.1) is 0 Å². The van der Waals surface area contributed by atoms with Crippen LogP contribution >= 0.6 is 11.6 Å². The number of urea groups is 1. The molecular weight excluding hydrogens is 428 g/mol.